The van der Waals surface area contributed by atoms with Crippen LogP contribution in [-0.4, -0.2) is 34.7 Å². The van der Waals surface area contributed by atoms with Crippen LogP contribution in [0.5, 0.6) is 0 Å². The number of hydrogen-bond donors (Lipinski definition) is 0. The van der Waals surface area contributed by atoms with Gasteiger partial charge in [-0.05, 0) is 0 Å². The molecule has 0 aliphatic heterocycles. The second-order valence-electron chi connectivity index (χ2n) is 1.22. The molecule has 0 rings (SSSR count). The monoisotopic (exact) mass is 540 g/mol. The molecule has 17 heavy (non-hydrogen) atoms. The summed E-state index contributed by atoms with van der Waals surface area (Å²) < 4.78 is 104. The second kappa shape index (κ2) is 12.7. The summed E-state index contributed by atoms with van der Waals surface area (Å²) in [5.41, 5.74) is 0. The summed E-state index contributed by atoms with van der Waals surface area (Å²) in [6.45, 7) is 0. The van der Waals surface area contributed by atoms with Crippen LogP contribution < -0.4 is 22.6 Å². The van der Waals surface area contributed by atoms with Gasteiger partial charge in [-0.1, -0.05) is 0 Å². The topological polar surface area (TPSA) is 241 Å². The van der Waals surface area contributed by atoms with Crippen molar-refractivity contribution in [2.24, 2.45) is 0 Å². The van der Waals surface area contributed by atoms with Crippen LogP contribution in [0, 0.1) is 0 Å². The Hall–Kier alpha value is 1.69. The van der Waals surface area contributed by atoms with Crippen LogP contribution in [0.4, 0.5) is 0 Å². The van der Waals surface area contributed by atoms with Gasteiger partial charge in [0.25, 0.3) is 0 Å². The molecule has 0 amide bonds. The van der Waals surface area contributed by atoms with Crippen molar-refractivity contribution >= 4 is 34.7 Å². The van der Waals surface area contributed by atoms with Gasteiger partial charge in [-0.3, -0.25) is 0 Å². The normalized spacial score (nSPS) is 10.2. The Kier molecular flexibility index (Phi) is 23.3. The third-order valence-corrected chi connectivity index (χ3v) is 0. The third-order valence-electron chi connectivity index (χ3n) is 0. The minimum atomic E-state index is -6.02. The van der Waals surface area contributed by atoms with E-state index in [1.807, 2.05) is 0 Å². The van der Waals surface area contributed by atoms with Crippen molar-refractivity contribution < 1.29 is 93.2 Å². The summed E-state index contributed by atoms with van der Waals surface area (Å²) in [7, 11) is 0. The third kappa shape index (κ3) is 1520. The van der Waals surface area contributed by atoms with Gasteiger partial charge in [0, 0.05) is 0 Å². The van der Waals surface area contributed by atoms with E-state index in [1.54, 1.807) is 0 Å². The predicted octanol–water partition coefficient (Wildman–Crippen LogP) is -8.62. The van der Waals surface area contributed by atoms with Gasteiger partial charge in [-0.25, -0.2) is 0 Å². The first kappa shape index (κ1) is 31.2. The molecule has 0 heterocycles. The van der Waals surface area contributed by atoms with Crippen LogP contribution in [0.25, 0.3) is 0 Å². The second-order valence-corrected chi connectivity index (χ2v) is 7.25. The molecular weight excluding hydrogens is 534 g/mol. The molecule has 0 aliphatic rings. The summed E-state index contributed by atoms with van der Waals surface area (Å²) >= 11 is -18.1. The fraction of sp³-hybridized carbons (Fsp3) is 0. The van der Waals surface area contributed by atoms with Crippen molar-refractivity contribution in [2.75, 3.05) is 0 Å². The molecule has 0 saturated heterocycles. The minimum absolute atomic E-state index is 0. The van der Waals surface area contributed by atoms with E-state index in [0.717, 1.165) is 0 Å². The van der Waals surface area contributed by atoms with E-state index in [1.165, 1.54) is 0 Å². The van der Waals surface area contributed by atoms with Gasteiger partial charge in [0.1, 0.15) is 0 Å². The Morgan fingerprint density at radius 1 is 0.412 bits per heavy atom. The zero-order valence-electron chi connectivity index (χ0n) is 7.28. The molecule has 0 aromatic carbocycles. The summed E-state index contributed by atoms with van der Waals surface area (Å²) in [5.74, 6) is 0. The van der Waals surface area contributed by atoms with Gasteiger partial charge in [-0.15, -0.1) is 0 Å². The SMILES string of the molecule is [Al+3].[Al+3].[O]=[Mo](=[O])([O-])[O-].[O]=[Mo](=[O])([O-])[O-].[O]=[Mo](=[O])([O-])[O-]. The van der Waals surface area contributed by atoms with E-state index in [-0.39, 0.29) is 34.7 Å². The fourth-order valence-electron chi connectivity index (χ4n) is 0. The molecule has 96 valence electrons. The zero-order chi connectivity index (χ0) is 13.5. The van der Waals surface area contributed by atoms with E-state index < -0.39 is 50.2 Å². The van der Waals surface area contributed by atoms with Crippen LogP contribution in [0.3, 0.4) is 0 Å². The summed E-state index contributed by atoms with van der Waals surface area (Å²) in [6, 6.07) is 0. The molecule has 0 aromatic heterocycles. The zero-order valence-corrected chi connectivity index (χ0v) is 15.6. The van der Waals surface area contributed by atoms with Gasteiger partial charge in [0.05, 0.1) is 0 Å². The molecule has 0 bridgehead atoms. The molecule has 0 saturated carbocycles. The number of hydrogen-bond acceptors (Lipinski definition) is 12. The van der Waals surface area contributed by atoms with Crippen LogP contribution in [-0.2, 0) is 70.6 Å². The van der Waals surface area contributed by atoms with Crippen molar-refractivity contribution in [3.8, 4) is 0 Å². The quantitative estimate of drug-likeness (QED) is 0.263. The van der Waals surface area contributed by atoms with Gasteiger partial charge >= 0.3 is 128 Å². The Morgan fingerprint density at radius 2 is 0.412 bits per heavy atom. The van der Waals surface area contributed by atoms with Crippen molar-refractivity contribution in [3.05, 3.63) is 0 Å². The summed E-state index contributed by atoms with van der Waals surface area (Å²) in [4.78, 5) is 0. The first-order chi connectivity index (χ1) is 6.00. The number of rotatable bonds is 0. The first-order valence-corrected chi connectivity index (χ1v) is 11.8. The van der Waals surface area contributed by atoms with E-state index in [9.17, 15) is 0 Å². The van der Waals surface area contributed by atoms with Crippen molar-refractivity contribution in [1.82, 2.24) is 0 Å². The van der Waals surface area contributed by atoms with E-state index >= 15 is 0 Å². The van der Waals surface area contributed by atoms with E-state index in [0.29, 0.717) is 0 Å². The molecule has 0 atom stereocenters. The van der Waals surface area contributed by atoms with Crippen molar-refractivity contribution in [1.29, 1.82) is 0 Å². The molecule has 0 N–H and O–H groups in total. The maximum absolute atomic E-state index is 8.63. The van der Waals surface area contributed by atoms with E-state index in [2.05, 4.69) is 0 Å². The average molecular weight is 534 g/mol. The maximum atomic E-state index is 8.63. The van der Waals surface area contributed by atoms with Crippen molar-refractivity contribution in [3.63, 3.8) is 0 Å². The molecule has 0 aromatic rings. The molecule has 0 radical (unpaired) electrons. The molecular formula is Al2Mo3O12. The van der Waals surface area contributed by atoms with Crippen LogP contribution in [0.2, 0.25) is 0 Å². The molecule has 17 heteroatoms. The molecule has 0 unspecified atom stereocenters. The standard InChI is InChI=1S/2Al.3Mo.12O/q2*+3;;;;;;;;;;6*-1. The van der Waals surface area contributed by atoms with Gasteiger partial charge < -0.3 is 0 Å². The Labute approximate surface area is 126 Å². The van der Waals surface area contributed by atoms with Crippen LogP contribution in [0.15, 0.2) is 0 Å². The van der Waals surface area contributed by atoms with Gasteiger partial charge in [0.15, 0.2) is 0 Å². The molecule has 0 fully saturated rings. The van der Waals surface area contributed by atoms with Crippen LogP contribution in [0.1, 0.15) is 0 Å². The summed E-state index contributed by atoms with van der Waals surface area (Å²) in [5, 5.41) is 0. The first-order valence-electron chi connectivity index (χ1n) is 2.00. The van der Waals surface area contributed by atoms with Crippen molar-refractivity contribution in [2.45, 2.75) is 0 Å². The van der Waals surface area contributed by atoms with E-state index in [4.69, 9.17) is 42.9 Å². The average Bonchev–Trinajstić information content (AvgIpc) is 1.41. The molecule has 0 aliphatic carbocycles. The Morgan fingerprint density at radius 3 is 0.412 bits per heavy atom. The Bertz CT molecular complexity index is 341. The van der Waals surface area contributed by atoms with Gasteiger partial charge in [0.2, 0.25) is 0 Å². The van der Waals surface area contributed by atoms with Gasteiger partial charge in [-0.2, -0.15) is 0 Å². The van der Waals surface area contributed by atoms with Crippen LogP contribution >= 0.6 is 0 Å². The predicted molar refractivity (Wildman–Crippen MR) is 15.6 cm³/mol. The Balaban J connectivity index is -0.0000000400. The molecule has 0 spiro atoms. The fourth-order valence-corrected chi connectivity index (χ4v) is 0. The summed E-state index contributed by atoms with van der Waals surface area (Å²) in [6.07, 6.45) is 0. The molecule has 12 nitrogen and oxygen atoms in total.